The van der Waals surface area contributed by atoms with Crippen molar-refractivity contribution in [3.8, 4) is 0 Å². The number of rotatable bonds is 7. The zero-order valence-corrected chi connectivity index (χ0v) is 15.8. The summed E-state index contributed by atoms with van der Waals surface area (Å²) in [6.45, 7) is 6.19. The minimum atomic E-state index is 0.0816. The number of hydrogen-bond acceptors (Lipinski definition) is 3. The maximum atomic E-state index is 12.4. The second kappa shape index (κ2) is 9.79. The Morgan fingerprint density at radius 2 is 1.79 bits per heavy atom. The molecule has 2 rings (SSSR count). The maximum Gasteiger partial charge on any atom is 0.234 e. The molecule has 132 valence electrons. The van der Waals surface area contributed by atoms with Crippen LogP contribution in [0.4, 0.5) is 0 Å². The Balaban J connectivity index is 1.70. The third-order valence-electron chi connectivity index (χ3n) is 4.21. The number of carbonyl (C=O) groups is 2. The predicted molar refractivity (Wildman–Crippen MR) is 98.8 cm³/mol. The largest absolute Gasteiger partial charge is 0.355 e. The summed E-state index contributed by atoms with van der Waals surface area (Å²) in [5.74, 6) is 0.238. The van der Waals surface area contributed by atoms with Gasteiger partial charge in [0.1, 0.15) is 0 Å². The Morgan fingerprint density at radius 3 is 2.42 bits per heavy atom. The molecule has 6 heteroatoms. The van der Waals surface area contributed by atoms with Crippen LogP contribution in [0.15, 0.2) is 28.7 Å². The van der Waals surface area contributed by atoms with Gasteiger partial charge < -0.3 is 10.2 Å². The lowest BCUT2D eigenvalue weighted by Gasteiger charge is -2.34. The number of amides is 2. The number of nitrogens with zero attached hydrogens (tertiary/aromatic N) is 2. The first-order chi connectivity index (χ1) is 11.6. The van der Waals surface area contributed by atoms with Crippen LogP contribution in [0, 0.1) is 0 Å². The van der Waals surface area contributed by atoms with Gasteiger partial charge in [0, 0.05) is 37.2 Å². The molecule has 5 nitrogen and oxygen atoms in total. The van der Waals surface area contributed by atoms with Gasteiger partial charge in [0.2, 0.25) is 11.8 Å². The van der Waals surface area contributed by atoms with E-state index in [1.807, 2.05) is 29.2 Å². The molecule has 0 radical (unpaired) electrons. The van der Waals surface area contributed by atoms with Crippen LogP contribution in [-0.2, 0) is 16.0 Å². The van der Waals surface area contributed by atoms with Crippen molar-refractivity contribution in [3.63, 3.8) is 0 Å². The molecule has 1 fully saturated rings. The van der Waals surface area contributed by atoms with Crippen molar-refractivity contribution in [2.24, 2.45) is 0 Å². The first-order valence-electron chi connectivity index (χ1n) is 8.59. The molecule has 0 bridgehead atoms. The van der Waals surface area contributed by atoms with E-state index >= 15 is 0 Å². The maximum absolute atomic E-state index is 12.4. The van der Waals surface area contributed by atoms with Gasteiger partial charge in [-0.05, 0) is 24.1 Å². The molecular weight excluding hydrogens is 370 g/mol. The monoisotopic (exact) mass is 395 g/mol. The molecule has 2 amide bonds. The normalized spacial score (nSPS) is 15.3. The number of nitrogens with one attached hydrogen (secondary N) is 1. The van der Waals surface area contributed by atoms with Crippen molar-refractivity contribution < 1.29 is 9.59 Å². The van der Waals surface area contributed by atoms with Crippen molar-refractivity contribution in [1.29, 1.82) is 0 Å². The fraction of sp³-hybridized carbons (Fsp3) is 0.556. The lowest BCUT2D eigenvalue weighted by atomic mass is 10.1. The number of unbranched alkanes of at least 4 members (excludes halogenated alkanes) is 1. The summed E-state index contributed by atoms with van der Waals surface area (Å²) in [5.41, 5.74) is 1.03. The van der Waals surface area contributed by atoms with Gasteiger partial charge in [0.05, 0.1) is 13.0 Å². The SMILES string of the molecule is CCCCNC(=O)CN1CCN(C(=O)Cc2ccc(Br)cc2)CC1. The summed E-state index contributed by atoms with van der Waals surface area (Å²) >= 11 is 3.40. The molecule has 1 N–H and O–H groups in total. The molecule has 1 heterocycles. The van der Waals surface area contributed by atoms with E-state index in [2.05, 4.69) is 33.1 Å². The van der Waals surface area contributed by atoms with Crippen LogP contribution in [0.3, 0.4) is 0 Å². The Kier molecular flexibility index (Phi) is 7.72. The van der Waals surface area contributed by atoms with Crippen molar-refractivity contribution in [1.82, 2.24) is 15.1 Å². The smallest absolute Gasteiger partial charge is 0.234 e. The van der Waals surface area contributed by atoms with E-state index in [9.17, 15) is 9.59 Å². The van der Waals surface area contributed by atoms with Crippen LogP contribution in [0.5, 0.6) is 0 Å². The fourth-order valence-corrected chi connectivity index (χ4v) is 2.97. The van der Waals surface area contributed by atoms with Gasteiger partial charge in [0.15, 0.2) is 0 Å². The van der Waals surface area contributed by atoms with Crippen LogP contribution in [0.25, 0.3) is 0 Å². The molecule has 0 atom stereocenters. The molecule has 1 aliphatic rings. The molecule has 0 unspecified atom stereocenters. The third-order valence-corrected chi connectivity index (χ3v) is 4.74. The van der Waals surface area contributed by atoms with Crippen molar-refractivity contribution in [2.45, 2.75) is 26.2 Å². The van der Waals surface area contributed by atoms with E-state index < -0.39 is 0 Å². The van der Waals surface area contributed by atoms with Gasteiger partial charge >= 0.3 is 0 Å². The Hall–Kier alpha value is -1.40. The zero-order chi connectivity index (χ0) is 17.4. The van der Waals surface area contributed by atoms with Gasteiger partial charge in [0.25, 0.3) is 0 Å². The quantitative estimate of drug-likeness (QED) is 0.718. The fourth-order valence-electron chi connectivity index (χ4n) is 2.71. The molecule has 0 spiro atoms. The van der Waals surface area contributed by atoms with Crippen LogP contribution in [0.1, 0.15) is 25.3 Å². The summed E-state index contributed by atoms with van der Waals surface area (Å²) in [6.07, 6.45) is 2.54. The van der Waals surface area contributed by atoms with Gasteiger partial charge in [-0.25, -0.2) is 0 Å². The highest BCUT2D eigenvalue weighted by molar-refractivity contribution is 9.10. The highest BCUT2D eigenvalue weighted by Gasteiger charge is 2.22. The zero-order valence-electron chi connectivity index (χ0n) is 14.3. The van der Waals surface area contributed by atoms with Gasteiger partial charge in [-0.1, -0.05) is 41.4 Å². The number of carbonyl (C=O) groups excluding carboxylic acids is 2. The van der Waals surface area contributed by atoms with Crippen molar-refractivity contribution in [3.05, 3.63) is 34.3 Å². The Morgan fingerprint density at radius 1 is 1.12 bits per heavy atom. The molecule has 1 aliphatic heterocycles. The van der Waals surface area contributed by atoms with Crippen molar-refractivity contribution in [2.75, 3.05) is 39.3 Å². The van der Waals surface area contributed by atoms with Crippen molar-refractivity contribution >= 4 is 27.7 Å². The number of benzene rings is 1. The van der Waals surface area contributed by atoms with E-state index in [0.29, 0.717) is 26.1 Å². The predicted octanol–water partition coefficient (Wildman–Crippen LogP) is 2.05. The lowest BCUT2D eigenvalue weighted by Crippen LogP contribution is -2.51. The standard InChI is InChI=1S/C18H26BrN3O2/c1-2-3-8-20-17(23)14-21-9-11-22(12-10-21)18(24)13-15-4-6-16(19)7-5-15/h4-7H,2-3,8-14H2,1H3,(H,20,23). The van der Waals surface area contributed by atoms with E-state index in [-0.39, 0.29) is 11.8 Å². The lowest BCUT2D eigenvalue weighted by molar-refractivity contribution is -0.132. The highest BCUT2D eigenvalue weighted by Crippen LogP contribution is 2.12. The summed E-state index contributed by atoms with van der Waals surface area (Å²) in [5, 5.41) is 2.94. The molecule has 1 saturated heterocycles. The van der Waals surface area contributed by atoms with E-state index in [1.165, 1.54) is 0 Å². The minimum absolute atomic E-state index is 0.0816. The number of hydrogen-bond donors (Lipinski definition) is 1. The second-order valence-corrected chi connectivity index (χ2v) is 7.08. The average molecular weight is 396 g/mol. The van der Waals surface area contributed by atoms with E-state index in [1.54, 1.807) is 0 Å². The van der Waals surface area contributed by atoms with Crippen LogP contribution in [0.2, 0.25) is 0 Å². The topological polar surface area (TPSA) is 52.7 Å². The summed E-state index contributed by atoms with van der Waals surface area (Å²) in [4.78, 5) is 28.2. The summed E-state index contributed by atoms with van der Waals surface area (Å²) in [7, 11) is 0. The van der Waals surface area contributed by atoms with Gasteiger partial charge in [-0.2, -0.15) is 0 Å². The van der Waals surface area contributed by atoms with Crippen LogP contribution in [-0.4, -0.2) is 60.9 Å². The minimum Gasteiger partial charge on any atom is -0.355 e. The van der Waals surface area contributed by atoms with E-state index in [0.717, 1.165) is 42.5 Å². The summed E-state index contributed by atoms with van der Waals surface area (Å²) in [6, 6.07) is 7.85. The van der Waals surface area contributed by atoms with Crippen LogP contribution < -0.4 is 5.32 Å². The van der Waals surface area contributed by atoms with Crippen LogP contribution >= 0.6 is 15.9 Å². The Bertz CT molecular complexity index is 540. The highest BCUT2D eigenvalue weighted by atomic mass is 79.9. The third kappa shape index (κ3) is 6.24. The molecule has 24 heavy (non-hydrogen) atoms. The second-order valence-electron chi connectivity index (χ2n) is 6.16. The Labute approximate surface area is 152 Å². The average Bonchev–Trinajstić information content (AvgIpc) is 2.58. The molecule has 0 aromatic heterocycles. The van der Waals surface area contributed by atoms with E-state index in [4.69, 9.17) is 0 Å². The molecule has 0 aliphatic carbocycles. The number of piperazine rings is 1. The molecule has 0 saturated carbocycles. The summed E-state index contributed by atoms with van der Waals surface area (Å²) < 4.78 is 1.02. The first-order valence-corrected chi connectivity index (χ1v) is 9.39. The van der Waals surface area contributed by atoms with Gasteiger partial charge in [-0.15, -0.1) is 0 Å². The number of halogens is 1. The van der Waals surface area contributed by atoms with Gasteiger partial charge in [-0.3, -0.25) is 14.5 Å². The molecular formula is C18H26BrN3O2. The molecule has 1 aromatic rings. The molecule has 1 aromatic carbocycles. The first kappa shape index (κ1) is 18.9.